The smallest absolute Gasteiger partial charge is 0.207 e. The van der Waals surface area contributed by atoms with E-state index in [4.69, 9.17) is 0 Å². The highest BCUT2D eigenvalue weighted by molar-refractivity contribution is 9.09. The number of hydrogen-bond donors (Lipinski definition) is 0. The van der Waals surface area contributed by atoms with E-state index in [0.717, 1.165) is 11.1 Å². The van der Waals surface area contributed by atoms with Crippen molar-refractivity contribution in [2.75, 3.05) is 13.1 Å². The zero-order chi connectivity index (χ0) is 16.9. The highest BCUT2D eigenvalue weighted by Crippen LogP contribution is 2.26. The van der Waals surface area contributed by atoms with E-state index >= 15 is 0 Å². The topological polar surface area (TPSA) is 37.4 Å². The molecule has 0 aliphatic rings. The molecule has 1 atom stereocenters. The summed E-state index contributed by atoms with van der Waals surface area (Å²) in [5, 5.41) is 0. The molecule has 0 amide bonds. The van der Waals surface area contributed by atoms with Gasteiger partial charge in [-0.3, -0.25) is 0 Å². The Bertz CT molecular complexity index is 742. The quantitative estimate of drug-likeness (QED) is 0.519. The van der Waals surface area contributed by atoms with Crippen LogP contribution in [0.25, 0.3) is 0 Å². The lowest BCUT2D eigenvalue weighted by atomic mass is 10.1. The fourth-order valence-electron chi connectivity index (χ4n) is 2.22. The van der Waals surface area contributed by atoms with Crippen molar-refractivity contribution in [1.29, 1.82) is 0 Å². The third-order valence-corrected chi connectivity index (χ3v) is 6.18. The van der Waals surface area contributed by atoms with Gasteiger partial charge in [0.15, 0.2) is 0 Å². The van der Waals surface area contributed by atoms with Crippen LogP contribution in [0.5, 0.6) is 0 Å². The molecule has 0 bridgehead atoms. The first-order valence-corrected chi connectivity index (χ1v) is 9.67. The Morgan fingerprint density at radius 1 is 1.13 bits per heavy atom. The van der Waals surface area contributed by atoms with Crippen LogP contribution in [0.4, 0.5) is 0 Å². The van der Waals surface area contributed by atoms with Crippen LogP contribution in [0, 0.1) is 6.92 Å². The summed E-state index contributed by atoms with van der Waals surface area (Å²) in [4.78, 5) is 0.224. The van der Waals surface area contributed by atoms with Crippen molar-refractivity contribution in [3.8, 4) is 0 Å². The van der Waals surface area contributed by atoms with Gasteiger partial charge < -0.3 is 0 Å². The third kappa shape index (κ3) is 4.53. The molecule has 5 heteroatoms. The van der Waals surface area contributed by atoms with Crippen molar-refractivity contribution in [2.24, 2.45) is 0 Å². The lowest BCUT2D eigenvalue weighted by Gasteiger charge is -2.23. The van der Waals surface area contributed by atoms with E-state index in [1.54, 1.807) is 18.2 Å². The van der Waals surface area contributed by atoms with E-state index < -0.39 is 10.0 Å². The molecule has 2 aromatic rings. The average molecular weight is 394 g/mol. The number of alkyl halides is 1. The fraction of sp³-hybridized carbons (Fsp3) is 0.222. The first-order chi connectivity index (χ1) is 10.9. The van der Waals surface area contributed by atoms with Gasteiger partial charge in [0.2, 0.25) is 10.0 Å². The number of aryl methyl sites for hydroxylation is 1. The molecule has 0 fully saturated rings. The van der Waals surface area contributed by atoms with Crippen LogP contribution in [-0.2, 0) is 10.0 Å². The lowest BCUT2D eigenvalue weighted by molar-refractivity contribution is 0.444. The van der Waals surface area contributed by atoms with Gasteiger partial charge in [0, 0.05) is 13.1 Å². The summed E-state index contributed by atoms with van der Waals surface area (Å²) in [7, 11) is -3.55. The maximum absolute atomic E-state index is 12.9. The van der Waals surface area contributed by atoms with Crippen molar-refractivity contribution in [3.05, 3.63) is 78.4 Å². The molecule has 0 heterocycles. The maximum atomic E-state index is 12.9. The summed E-state index contributed by atoms with van der Waals surface area (Å²) in [5.74, 6) is 0. The second-order valence-corrected chi connectivity index (χ2v) is 8.35. The molecular formula is C18H20BrNO2S. The first-order valence-electron chi connectivity index (χ1n) is 7.32. The summed E-state index contributed by atoms with van der Waals surface area (Å²) >= 11 is 3.59. The maximum Gasteiger partial charge on any atom is 0.243 e. The van der Waals surface area contributed by atoms with E-state index in [9.17, 15) is 8.42 Å². The molecule has 0 saturated heterocycles. The van der Waals surface area contributed by atoms with Crippen LogP contribution < -0.4 is 0 Å². The number of hydrogen-bond acceptors (Lipinski definition) is 2. The summed E-state index contributed by atoms with van der Waals surface area (Å²) < 4.78 is 27.2. The molecule has 3 nitrogen and oxygen atoms in total. The van der Waals surface area contributed by atoms with Crippen LogP contribution >= 0.6 is 15.9 Å². The van der Waals surface area contributed by atoms with Crippen molar-refractivity contribution >= 4 is 26.0 Å². The van der Waals surface area contributed by atoms with Crippen molar-refractivity contribution in [1.82, 2.24) is 4.31 Å². The Kier molecular flexibility index (Phi) is 6.16. The predicted molar refractivity (Wildman–Crippen MR) is 98.2 cm³/mol. The molecule has 0 aliphatic carbocycles. The van der Waals surface area contributed by atoms with Gasteiger partial charge in [-0.05, 0) is 24.6 Å². The van der Waals surface area contributed by atoms with Crippen molar-refractivity contribution in [3.63, 3.8) is 0 Å². The minimum absolute atomic E-state index is 0.0797. The number of nitrogens with zero attached hydrogens (tertiary/aromatic N) is 1. The Morgan fingerprint density at radius 2 is 1.74 bits per heavy atom. The SMILES string of the molecule is C=CCN(CC(Br)c1ccccc1)S(=O)(=O)c1ccc(C)cc1. The molecule has 0 radical (unpaired) electrons. The van der Waals surface area contributed by atoms with Crippen LogP contribution in [0.1, 0.15) is 16.0 Å². The van der Waals surface area contributed by atoms with Crippen molar-refractivity contribution < 1.29 is 8.42 Å². The molecule has 0 spiro atoms. The summed E-state index contributed by atoms with van der Waals surface area (Å²) in [6.07, 6.45) is 1.61. The second-order valence-electron chi connectivity index (χ2n) is 5.30. The Balaban J connectivity index is 2.26. The molecule has 0 saturated carbocycles. The minimum atomic E-state index is -3.55. The van der Waals surface area contributed by atoms with Crippen LogP contribution in [0.2, 0.25) is 0 Å². The summed E-state index contributed by atoms with van der Waals surface area (Å²) in [6, 6.07) is 16.7. The predicted octanol–water partition coefficient (Wildman–Crippen LogP) is 4.31. The number of sulfonamides is 1. The molecule has 122 valence electrons. The number of benzene rings is 2. The molecular weight excluding hydrogens is 374 g/mol. The van der Waals surface area contributed by atoms with Gasteiger partial charge in [0.05, 0.1) is 9.72 Å². The minimum Gasteiger partial charge on any atom is -0.207 e. The molecule has 1 unspecified atom stereocenters. The number of halogens is 1. The monoisotopic (exact) mass is 393 g/mol. The highest BCUT2D eigenvalue weighted by Gasteiger charge is 2.25. The third-order valence-electron chi connectivity index (χ3n) is 3.52. The largest absolute Gasteiger partial charge is 0.243 e. The second kappa shape index (κ2) is 7.90. The normalized spacial score (nSPS) is 13.0. The van der Waals surface area contributed by atoms with Crippen LogP contribution in [0.3, 0.4) is 0 Å². The van der Waals surface area contributed by atoms with Gasteiger partial charge in [0.1, 0.15) is 0 Å². The Labute approximate surface area is 146 Å². The van der Waals surface area contributed by atoms with E-state index in [0.29, 0.717) is 11.4 Å². The van der Waals surface area contributed by atoms with E-state index in [2.05, 4.69) is 22.5 Å². The van der Waals surface area contributed by atoms with Gasteiger partial charge in [-0.15, -0.1) is 6.58 Å². The van der Waals surface area contributed by atoms with Gasteiger partial charge in [0.25, 0.3) is 0 Å². The molecule has 0 aromatic heterocycles. The molecule has 2 rings (SSSR count). The molecule has 0 N–H and O–H groups in total. The first kappa shape index (κ1) is 17.9. The number of rotatable bonds is 7. The molecule has 23 heavy (non-hydrogen) atoms. The molecule has 2 aromatic carbocycles. The summed E-state index contributed by atoms with van der Waals surface area (Å²) in [6.45, 7) is 6.22. The van der Waals surface area contributed by atoms with Gasteiger partial charge >= 0.3 is 0 Å². The van der Waals surface area contributed by atoms with Gasteiger partial charge in [-0.1, -0.05) is 70.0 Å². The lowest BCUT2D eigenvalue weighted by Crippen LogP contribution is -2.33. The zero-order valence-corrected chi connectivity index (χ0v) is 15.4. The molecule has 0 aliphatic heterocycles. The average Bonchev–Trinajstić information content (AvgIpc) is 2.55. The highest BCUT2D eigenvalue weighted by atomic mass is 79.9. The van der Waals surface area contributed by atoms with Crippen LogP contribution in [-0.4, -0.2) is 25.8 Å². The standard InChI is InChI=1S/C18H20BrNO2S/c1-3-13-20(14-18(19)16-7-5-4-6-8-16)23(21,22)17-11-9-15(2)10-12-17/h3-12,18H,1,13-14H2,2H3. The van der Waals surface area contributed by atoms with Gasteiger partial charge in [-0.2, -0.15) is 4.31 Å². The van der Waals surface area contributed by atoms with Crippen molar-refractivity contribution in [2.45, 2.75) is 16.6 Å². The Hall–Kier alpha value is -1.43. The van der Waals surface area contributed by atoms with E-state index in [1.807, 2.05) is 49.4 Å². The van der Waals surface area contributed by atoms with Crippen LogP contribution in [0.15, 0.2) is 72.1 Å². The summed E-state index contributed by atoms with van der Waals surface area (Å²) in [5.41, 5.74) is 2.07. The fourth-order valence-corrected chi connectivity index (χ4v) is 4.49. The van der Waals surface area contributed by atoms with E-state index in [-0.39, 0.29) is 11.4 Å². The van der Waals surface area contributed by atoms with Gasteiger partial charge in [-0.25, -0.2) is 8.42 Å². The van der Waals surface area contributed by atoms with E-state index in [1.165, 1.54) is 4.31 Å². The Morgan fingerprint density at radius 3 is 2.30 bits per heavy atom. The zero-order valence-electron chi connectivity index (χ0n) is 13.0.